The van der Waals surface area contributed by atoms with Crippen LogP contribution >= 0.6 is 0 Å². The highest BCUT2D eigenvalue weighted by Gasteiger charge is 1.90. The molecule has 0 spiro atoms. The highest BCUT2D eigenvalue weighted by atomic mass is 15.4. The average Bonchev–Trinajstić information content (AvgIpc) is 2.15. The summed E-state index contributed by atoms with van der Waals surface area (Å²) in [6, 6.07) is 9.87. The van der Waals surface area contributed by atoms with Crippen LogP contribution in [0.25, 0.3) is 0 Å². The molecule has 0 saturated carbocycles. The first-order valence-corrected chi connectivity index (χ1v) is 4.20. The zero-order valence-corrected chi connectivity index (χ0v) is 7.96. The molecule has 0 aliphatic carbocycles. The quantitative estimate of drug-likeness (QED) is 0.617. The molecule has 1 aromatic carbocycles. The zero-order valence-electron chi connectivity index (χ0n) is 7.96. The van der Waals surface area contributed by atoms with Gasteiger partial charge in [-0.05, 0) is 26.0 Å². The molecule has 1 aromatic rings. The van der Waals surface area contributed by atoms with Crippen molar-refractivity contribution in [3.05, 3.63) is 41.7 Å². The van der Waals surface area contributed by atoms with Gasteiger partial charge in [0.15, 0.2) is 0 Å². The highest BCUT2D eigenvalue weighted by molar-refractivity contribution is 5.41. The van der Waals surface area contributed by atoms with Crippen molar-refractivity contribution < 1.29 is 0 Å². The predicted octanol–water partition coefficient (Wildman–Crippen LogP) is 1.81. The van der Waals surface area contributed by atoms with Crippen LogP contribution in [0.2, 0.25) is 0 Å². The fourth-order valence-corrected chi connectivity index (χ4v) is 0.786. The van der Waals surface area contributed by atoms with Crippen LogP contribution in [0, 0.1) is 0 Å². The lowest BCUT2D eigenvalue weighted by atomic mass is 10.3. The van der Waals surface area contributed by atoms with Crippen LogP contribution in [-0.2, 0) is 0 Å². The van der Waals surface area contributed by atoms with Gasteiger partial charge >= 0.3 is 0 Å². The molecule has 0 aromatic heterocycles. The van der Waals surface area contributed by atoms with Gasteiger partial charge in [-0.15, -0.1) is 0 Å². The number of benzene rings is 1. The number of para-hydroxylation sites is 1. The van der Waals surface area contributed by atoms with Crippen molar-refractivity contribution in [2.24, 2.45) is 5.73 Å². The van der Waals surface area contributed by atoms with E-state index in [1.165, 1.54) is 0 Å². The molecule has 3 heteroatoms. The molecule has 13 heavy (non-hydrogen) atoms. The number of rotatable bonds is 3. The summed E-state index contributed by atoms with van der Waals surface area (Å²) in [5, 5.41) is 0. The van der Waals surface area contributed by atoms with Crippen molar-refractivity contribution >= 4 is 5.69 Å². The fourth-order valence-electron chi connectivity index (χ4n) is 0.786. The molecule has 0 amide bonds. The monoisotopic (exact) mass is 177 g/mol. The second-order valence-corrected chi connectivity index (χ2v) is 2.92. The lowest BCUT2D eigenvalue weighted by Crippen LogP contribution is -2.21. The van der Waals surface area contributed by atoms with Gasteiger partial charge in [-0.3, -0.25) is 0 Å². The Morgan fingerprint density at radius 2 is 1.77 bits per heavy atom. The van der Waals surface area contributed by atoms with Gasteiger partial charge in [-0.2, -0.15) is 0 Å². The van der Waals surface area contributed by atoms with Crippen LogP contribution < -0.4 is 16.6 Å². The molecular weight excluding hydrogens is 162 g/mol. The highest BCUT2D eigenvalue weighted by Crippen LogP contribution is 2.03. The first-order chi connectivity index (χ1) is 6.20. The molecule has 4 N–H and O–H groups in total. The summed E-state index contributed by atoms with van der Waals surface area (Å²) in [4.78, 5) is 0. The Labute approximate surface area is 78.6 Å². The number of hydrogen-bond acceptors (Lipinski definition) is 3. The number of nitrogens with two attached hydrogens (primary N) is 1. The third kappa shape index (κ3) is 3.07. The molecule has 0 bridgehead atoms. The van der Waals surface area contributed by atoms with E-state index in [1.54, 1.807) is 0 Å². The van der Waals surface area contributed by atoms with Crippen LogP contribution in [0.3, 0.4) is 0 Å². The first-order valence-electron chi connectivity index (χ1n) is 4.20. The van der Waals surface area contributed by atoms with Gasteiger partial charge in [0.2, 0.25) is 0 Å². The van der Waals surface area contributed by atoms with Crippen LogP contribution in [0.5, 0.6) is 0 Å². The molecule has 0 atom stereocenters. The molecule has 0 radical (unpaired) electrons. The molecule has 0 fully saturated rings. The Bertz CT molecular complexity index is 286. The van der Waals surface area contributed by atoms with Crippen molar-refractivity contribution in [1.82, 2.24) is 5.43 Å². The normalized spacial score (nSPS) is 11.8. The maximum atomic E-state index is 5.58. The molecule has 0 unspecified atom stereocenters. The summed E-state index contributed by atoms with van der Waals surface area (Å²) in [6.07, 6.45) is 0. The molecule has 0 aliphatic rings. The van der Waals surface area contributed by atoms with Crippen LogP contribution in [0.1, 0.15) is 13.8 Å². The number of hydrogen-bond donors (Lipinski definition) is 3. The Morgan fingerprint density at radius 3 is 2.31 bits per heavy atom. The molecule has 70 valence electrons. The van der Waals surface area contributed by atoms with E-state index in [-0.39, 0.29) is 0 Å². The van der Waals surface area contributed by atoms with Crippen molar-refractivity contribution in [2.75, 3.05) is 5.43 Å². The number of nitrogens with one attached hydrogen (secondary N) is 2. The number of anilines is 1. The minimum atomic E-state index is 0.781. The van der Waals surface area contributed by atoms with Gasteiger partial charge in [0, 0.05) is 11.4 Å². The molecule has 0 saturated heterocycles. The third-order valence-corrected chi connectivity index (χ3v) is 1.76. The average molecular weight is 177 g/mol. The van der Waals surface area contributed by atoms with E-state index in [9.17, 15) is 0 Å². The van der Waals surface area contributed by atoms with E-state index in [0.717, 1.165) is 17.1 Å². The molecule has 0 aliphatic heterocycles. The summed E-state index contributed by atoms with van der Waals surface area (Å²) in [7, 11) is 0. The maximum Gasteiger partial charge on any atom is 0.0539 e. The van der Waals surface area contributed by atoms with Gasteiger partial charge in [-0.1, -0.05) is 18.2 Å². The lowest BCUT2D eigenvalue weighted by molar-refractivity contribution is 0.926. The first kappa shape index (κ1) is 9.45. The predicted molar refractivity (Wildman–Crippen MR) is 55.8 cm³/mol. The summed E-state index contributed by atoms with van der Waals surface area (Å²) < 4.78 is 0. The van der Waals surface area contributed by atoms with Crippen molar-refractivity contribution in [2.45, 2.75) is 13.8 Å². The fraction of sp³-hybridized carbons (Fsp3) is 0.200. The van der Waals surface area contributed by atoms with Crippen LogP contribution in [-0.4, -0.2) is 0 Å². The van der Waals surface area contributed by atoms with Gasteiger partial charge in [-0.25, -0.2) is 0 Å². The minimum Gasteiger partial charge on any atom is -0.401 e. The van der Waals surface area contributed by atoms with E-state index in [0.29, 0.717) is 0 Å². The molecule has 3 nitrogen and oxygen atoms in total. The van der Waals surface area contributed by atoms with Crippen molar-refractivity contribution in [3.63, 3.8) is 0 Å². The lowest BCUT2D eigenvalue weighted by Gasteiger charge is -2.10. The summed E-state index contributed by atoms with van der Waals surface area (Å²) in [5.74, 6) is 0. The Balaban J connectivity index is 2.49. The summed E-state index contributed by atoms with van der Waals surface area (Å²) in [5.41, 5.74) is 14.3. The Hall–Kier alpha value is -1.64. The molecule has 1 rings (SSSR count). The van der Waals surface area contributed by atoms with Crippen LogP contribution in [0.4, 0.5) is 5.69 Å². The minimum absolute atomic E-state index is 0.781. The standard InChI is InChI=1S/C10H15N3/c1-8(11)9(2)12-13-10-6-4-3-5-7-10/h3-7,12-13H,11H2,1-2H3/b9-8-. The zero-order chi connectivity index (χ0) is 9.68. The smallest absolute Gasteiger partial charge is 0.0539 e. The largest absolute Gasteiger partial charge is 0.401 e. The van der Waals surface area contributed by atoms with E-state index in [2.05, 4.69) is 10.9 Å². The van der Waals surface area contributed by atoms with E-state index in [1.807, 2.05) is 44.2 Å². The van der Waals surface area contributed by atoms with E-state index < -0.39 is 0 Å². The van der Waals surface area contributed by atoms with Crippen LogP contribution in [0.15, 0.2) is 41.7 Å². The number of allylic oxidation sites excluding steroid dienone is 2. The number of hydrazine groups is 1. The second kappa shape index (κ2) is 4.40. The van der Waals surface area contributed by atoms with E-state index >= 15 is 0 Å². The summed E-state index contributed by atoms with van der Waals surface area (Å²) >= 11 is 0. The van der Waals surface area contributed by atoms with Gasteiger partial charge in [0.1, 0.15) is 0 Å². The van der Waals surface area contributed by atoms with Crippen molar-refractivity contribution in [3.8, 4) is 0 Å². The molecule has 0 heterocycles. The summed E-state index contributed by atoms with van der Waals surface area (Å²) in [6.45, 7) is 3.78. The van der Waals surface area contributed by atoms with Gasteiger partial charge < -0.3 is 16.6 Å². The van der Waals surface area contributed by atoms with Crippen molar-refractivity contribution in [1.29, 1.82) is 0 Å². The Morgan fingerprint density at radius 1 is 1.15 bits per heavy atom. The molecular formula is C10H15N3. The van der Waals surface area contributed by atoms with Gasteiger partial charge in [0.05, 0.1) is 5.69 Å². The topological polar surface area (TPSA) is 50.1 Å². The van der Waals surface area contributed by atoms with E-state index in [4.69, 9.17) is 5.73 Å². The second-order valence-electron chi connectivity index (χ2n) is 2.92. The Kier molecular flexibility index (Phi) is 3.20. The SMILES string of the molecule is C/C(N)=C(\C)NNc1ccccc1. The maximum absolute atomic E-state index is 5.58. The third-order valence-electron chi connectivity index (χ3n) is 1.76. The van der Waals surface area contributed by atoms with Gasteiger partial charge in [0.25, 0.3) is 0 Å².